The largest absolute Gasteiger partial charge is 0.327 e. The predicted molar refractivity (Wildman–Crippen MR) is 94.8 cm³/mol. The number of halogens is 1. The highest BCUT2D eigenvalue weighted by Crippen LogP contribution is 2.40. The van der Waals surface area contributed by atoms with E-state index in [0.29, 0.717) is 11.2 Å². The molecule has 4 heteroatoms. The molecule has 0 saturated heterocycles. The van der Waals surface area contributed by atoms with Crippen molar-refractivity contribution in [1.82, 2.24) is 0 Å². The molecule has 2 aromatic rings. The lowest BCUT2D eigenvalue weighted by atomic mass is 10.0. The van der Waals surface area contributed by atoms with Crippen LogP contribution in [0.3, 0.4) is 0 Å². The van der Waals surface area contributed by atoms with Crippen LogP contribution >= 0.6 is 39.0 Å². The van der Waals surface area contributed by atoms with Gasteiger partial charge in [0.05, 0.1) is 5.25 Å². The van der Waals surface area contributed by atoms with Gasteiger partial charge in [-0.1, -0.05) is 26.0 Å². The summed E-state index contributed by atoms with van der Waals surface area (Å²) in [5.74, 6) is 0.575. The van der Waals surface area contributed by atoms with Crippen molar-refractivity contribution in [1.29, 1.82) is 0 Å². The van der Waals surface area contributed by atoms with Gasteiger partial charge >= 0.3 is 0 Å². The van der Waals surface area contributed by atoms with Crippen LogP contribution in [-0.4, -0.2) is 6.04 Å². The zero-order chi connectivity index (χ0) is 14.7. The molecule has 0 aliphatic rings. The van der Waals surface area contributed by atoms with Gasteiger partial charge < -0.3 is 5.73 Å². The number of rotatable bonds is 5. The van der Waals surface area contributed by atoms with Crippen molar-refractivity contribution in [3.8, 4) is 0 Å². The Bertz CT molecular complexity index is 546. The summed E-state index contributed by atoms with van der Waals surface area (Å²) in [5.41, 5.74) is 7.55. The number of thioether (sulfide) groups is 1. The van der Waals surface area contributed by atoms with Crippen LogP contribution in [0.15, 0.2) is 45.1 Å². The molecule has 2 atom stereocenters. The Morgan fingerprint density at radius 1 is 1.15 bits per heavy atom. The Kier molecular flexibility index (Phi) is 5.73. The Labute approximate surface area is 138 Å². The first-order chi connectivity index (χ1) is 9.47. The fourth-order valence-electron chi connectivity index (χ4n) is 1.98. The zero-order valence-corrected chi connectivity index (χ0v) is 15.2. The van der Waals surface area contributed by atoms with Gasteiger partial charge in [0.25, 0.3) is 0 Å². The quantitative estimate of drug-likeness (QED) is 0.672. The summed E-state index contributed by atoms with van der Waals surface area (Å²) < 4.78 is 1.14. The topological polar surface area (TPSA) is 26.0 Å². The van der Waals surface area contributed by atoms with Crippen molar-refractivity contribution in [3.05, 3.63) is 50.6 Å². The van der Waals surface area contributed by atoms with Crippen LogP contribution in [0.4, 0.5) is 0 Å². The lowest BCUT2D eigenvalue weighted by molar-refractivity contribution is 0.730. The van der Waals surface area contributed by atoms with E-state index in [1.54, 1.807) is 11.3 Å². The maximum absolute atomic E-state index is 6.17. The van der Waals surface area contributed by atoms with Crippen molar-refractivity contribution in [2.75, 3.05) is 0 Å². The summed E-state index contributed by atoms with van der Waals surface area (Å²) in [6, 6.07) is 11.1. The van der Waals surface area contributed by atoms with Crippen LogP contribution in [0.25, 0.3) is 0 Å². The molecule has 2 N–H and O–H groups in total. The van der Waals surface area contributed by atoms with Crippen LogP contribution < -0.4 is 5.73 Å². The minimum absolute atomic E-state index is 0.121. The molecule has 1 aromatic heterocycles. The zero-order valence-electron chi connectivity index (χ0n) is 12.0. The number of thiophene rings is 1. The summed E-state index contributed by atoms with van der Waals surface area (Å²) in [6.07, 6.45) is 0. The third kappa shape index (κ3) is 4.10. The van der Waals surface area contributed by atoms with E-state index < -0.39 is 0 Å². The fraction of sp³-hybridized carbons (Fsp3) is 0.375. The summed E-state index contributed by atoms with van der Waals surface area (Å²) >= 11 is 7.13. The third-order valence-electron chi connectivity index (χ3n) is 3.16. The van der Waals surface area contributed by atoms with Gasteiger partial charge in [-0.25, -0.2) is 0 Å². The van der Waals surface area contributed by atoms with Gasteiger partial charge in [0, 0.05) is 25.7 Å². The first-order valence-electron chi connectivity index (χ1n) is 6.73. The molecular formula is C16H20BrNS2. The molecule has 20 heavy (non-hydrogen) atoms. The molecule has 0 aliphatic carbocycles. The first kappa shape index (κ1) is 16.1. The molecule has 0 spiro atoms. The van der Waals surface area contributed by atoms with E-state index in [1.807, 2.05) is 11.8 Å². The third-order valence-corrected chi connectivity index (χ3v) is 6.56. The van der Waals surface area contributed by atoms with E-state index in [4.69, 9.17) is 5.73 Å². The highest BCUT2D eigenvalue weighted by Gasteiger charge is 2.19. The molecule has 0 bridgehead atoms. The molecule has 1 aromatic carbocycles. The van der Waals surface area contributed by atoms with Crippen molar-refractivity contribution in [2.45, 2.75) is 42.9 Å². The lowest BCUT2D eigenvalue weighted by Crippen LogP contribution is -2.21. The number of nitrogens with two attached hydrogens (primary N) is 1. The van der Waals surface area contributed by atoms with E-state index in [9.17, 15) is 0 Å². The fourth-order valence-corrected chi connectivity index (χ4v) is 4.82. The van der Waals surface area contributed by atoms with Crippen molar-refractivity contribution in [3.63, 3.8) is 0 Å². The Hall–Kier alpha value is -0.290. The van der Waals surface area contributed by atoms with E-state index in [2.05, 4.69) is 72.4 Å². The average molecular weight is 370 g/mol. The summed E-state index contributed by atoms with van der Waals surface area (Å²) in [6.45, 7) is 6.51. The van der Waals surface area contributed by atoms with Gasteiger partial charge in [0.1, 0.15) is 0 Å². The molecule has 2 unspecified atom stereocenters. The van der Waals surface area contributed by atoms with Crippen molar-refractivity contribution in [2.24, 2.45) is 5.73 Å². The van der Waals surface area contributed by atoms with E-state index in [1.165, 1.54) is 15.3 Å². The highest BCUT2D eigenvalue weighted by molar-refractivity contribution is 9.10. The van der Waals surface area contributed by atoms with Gasteiger partial charge in [-0.05, 0) is 52.5 Å². The summed E-state index contributed by atoms with van der Waals surface area (Å²) in [7, 11) is 0. The Morgan fingerprint density at radius 2 is 1.80 bits per heavy atom. The molecule has 0 aliphatic heterocycles. The average Bonchev–Trinajstić information content (AvgIpc) is 2.82. The first-order valence-corrected chi connectivity index (χ1v) is 9.28. The van der Waals surface area contributed by atoms with Crippen LogP contribution in [0.5, 0.6) is 0 Å². The van der Waals surface area contributed by atoms with Crippen LogP contribution in [0.1, 0.15) is 42.4 Å². The monoisotopic (exact) mass is 369 g/mol. The summed E-state index contributed by atoms with van der Waals surface area (Å²) in [5, 5.41) is 2.42. The molecule has 0 fully saturated rings. The maximum atomic E-state index is 6.17. The number of benzene rings is 1. The molecule has 2 rings (SSSR count). The van der Waals surface area contributed by atoms with Crippen molar-refractivity contribution >= 4 is 39.0 Å². The van der Waals surface area contributed by atoms with E-state index in [0.717, 1.165) is 4.47 Å². The van der Waals surface area contributed by atoms with Crippen LogP contribution in [-0.2, 0) is 0 Å². The van der Waals surface area contributed by atoms with Gasteiger partial charge in [-0.15, -0.1) is 23.1 Å². The Morgan fingerprint density at radius 3 is 2.25 bits per heavy atom. The molecular weight excluding hydrogens is 350 g/mol. The lowest BCUT2D eigenvalue weighted by Gasteiger charge is -2.19. The van der Waals surface area contributed by atoms with E-state index in [-0.39, 0.29) is 6.04 Å². The molecule has 0 radical (unpaired) electrons. The van der Waals surface area contributed by atoms with Crippen molar-refractivity contribution < 1.29 is 0 Å². The van der Waals surface area contributed by atoms with Gasteiger partial charge in [0.15, 0.2) is 0 Å². The second kappa shape index (κ2) is 7.12. The van der Waals surface area contributed by atoms with Gasteiger partial charge in [0.2, 0.25) is 0 Å². The van der Waals surface area contributed by atoms with Crippen LogP contribution in [0.2, 0.25) is 0 Å². The molecule has 1 heterocycles. The number of hydrogen-bond donors (Lipinski definition) is 1. The second-order valence-electron chi connectivity index (χ2n) is 5.29. The summed E-state index contributed by atoms with van der Waals surface area (Å²) in [4.78, 5) is 2.60. The van der Waals surface area contributed by atoms with E-state index >= 15 is 0 Å². The van der Waals surface area contributed by atoms with Crippen LogP contribution in [0, 0.1) is 0 Å². The SMILES string of the molecule is CC(C)c1ccc(SC(c2cc(Br)cs2)C(C)N)cc1. The normalized spacial score (nSPS) is 14.5. The standard InChI is InChI=1S/C16H20BrNS2/c1-10(2)12-4-6-14(7-5-12)20-16(11(3)18)15-8-13(17)9-19-15/h4-11,16H,18H2,1-3H3. The predicted octanol–water partition coefficient (Wildman–Crippen LogP) is 5.81. The molecule has 0 amide bonds. The highest BCUT2D eigenvalue weighted by atomic mass is 79.9. The molecule has 0 saturated carbocycles. The number of hydrogen-bond acceptors (Lipinski definition) is 3. The molecule has 1 nitrogen and oxygen atoms in total. The second-order valence-corrected chi connectivity index (χ2v) is 8.36. The molecule has 108 valence electrons. The van der Waals surface area contributed by atoms with Gasteiger partial charge in [-0.2, -0.15) is 0 Å². The minimum atomic E-state index is 0.121. The van der Waals surface area contributed by atoms with Gasteiger partial charge in [-0.3, -0.25) is 0 Å². The maximum Gasteiger partial charge on any atom is 0.0586 e. The smallest absolute Gasteiger partial charge is 0.0586 e. The minimum Gasteiger partial charge on any atom is -0.327 e. The Balaban J connectivity index is 2.16.